The van der Waals surface area contributed by atoms with Gasteiger partial charge in [-0.25, -0.2) is 23.4 Å². The summed E-state index contributed by atoms with van der Waals surface area (Å²) in [6.07, 6.45) is 1.88. The topological polar surface area (TPSA) is 356 Å². The number of halogens is 5. The van der Waals surface area contributed by atoms with E-state index in [0.717, 1.165) is 168 Å². The highest BCUT2D eigenvalue weighted by Gasteiger charge is 2.29. The van der Waals surface area contributed by atoms with Gasteiger partial charge in [-0.05, 0) is 220 Å². The van der Waals surface area contributed by atoms with Gasteiger partial charge in [0, 0.05) is 40.9 Å². The van der Waals surface area contributed by atoms with Crippen molar-refractivity contribution in [1.82, 2.24) is 110 Å². The van der Waals surface area contributed by atoms with Gasteiger partial charge in [0.2, 0.25) is 0 Å². The lowest BCUT2D eigenvalue weighted by molar-refractivity contribution is -0.145. The van der Waals surface area contributed by atoms with Crippen LogP contribution in [0.2, 0.25) is 0 Å². The largest absolute Gasteiger partial charge is 0.468 e. The van der Waals surface area contributed by atoms with Crippen molar-refractivity contribution in [2.45, 2.75) is 123 Å². The number of ether oxygens (including phenoxy) is 5. The van der Waals surface area contributed by atoms with Crippen molar-refractivity contribution < 1.29 is 47.7 Å². The zero-order chi connectivity index (χ0) is 95.9. The van der Waals surface area contributed by atoms with Crippen molar-refractivity contribution in [3.05, 3.63) is 200 Å². The number of methoxy groups -OCH3 is 1. The summed E-state index contributed by atoms with van der Waals surface area (Å²) in [6.45, 7) is 30.0. The van der Waals surface area contributed by atoms with Crippen molar-refractivity contribution in [1.29, 1.82) is 0 Å². The lowest BCUT2D eigenvalue weighted by Crippen LogP contribution is -2.28. The van der Waals surface area contributed by atoms with Crippen LogP contribution in [-0.4, -0.2) is 219 Å². The number of hydrogen-bond donors (Lipinski definition) is 0. The number of benzene rings is 5. The van der Waals surface area contributed by atoms with E-state index in [9.17, 15) is 24.0 Å². The molecular formula is C90H97Br5N22O10S6. The third kappa shape index (κ3) is 28.1. The summed E-state index contributed by atoms with van der Waals surface area (Å²) in [6, 6.07) is 40.6. The minimum absolute atomic E-state index is 0.0224. The number of thioether (sulfide) groups is 1. The van der Waals surface area contributed by atoms with Crippen LogP contribution in [0.1, 0.15) is 77.1 Å². The van der Waals surface area contributed by atoms with Crippen LogP contribution in [0.4, 0.5) is 0 Å². The molecule has 0 amide bonds. The van der Waals surface area contributed by atoms with Crippen molar-refractivity contribution in [3.8, 4) is 106 Å². The predicted molar refractivity (Wildman–Crippen MR) is 540 cm³/mol. The van der Waals surface area contributed by atoms with Gasteiger partial charge in [-0.15, -0.1) is 62.7 Å². The molecule has 32 nitrogen and oxygen atoms in total. The van der Waals surface area contributed by atoms with E-state index in [1.54, 1.807) is 30.3 Å². The Kier molecular flexibility index (Phi) is 38.5. The molecule has 5 aromatic carbocycles. The first-order valence-corrected chi connectivity index (χ1v) is 50.9. The van der Waals surface area contributed by atoms with Crippen molar-refractivity contribution in [3.63, 3.8) is 0 Å². The second-order valence-electron chi connectivity index (χ2n) is 30.0. The molecule has 0 fully saturated rings. The number of rotatable bonds is 31. The molecule has 43 heteroatoms. The van der Waals surface area contributed by atoms with Crippen LogP contribution < -0.4 is 0 Å². The first-order chi connectivity index (χ1) is 63.7. The number of likely N-dealkylation sites (N-methyl/N-ethyl adjacent to an activating group) is 2. The summed E-state index contributed by atoms with van der Waals surface area (Å²) in [4.78, 5) is 64.2. The predicted octanol–water partition coefficient (Wildman–Crippen LogP) is 19.8. The Morgan fingerprint density at radius 1 is 0.338 bits per heavy atom. The van der Waals surface area contributed by atoms with E-state index in [-0.39, 0.29) is 62.6 Å². The molecule has 0 radical (unpaired) electrons. The van der Waals surface area contributed by atoms with Gasteiger partial charge >= 0.3 is 29.8 Å². The zero-order valence-electron chi connectivity index (χ0n) is 76.0. The molecule has 0 N–H and O–H groups in total. The molecule has 0 unspecified atom stereocenters. The number of carbonyl (C=O) groups excluding carboxylic acids is 5. The molecule has 698 valence electrons. The van der Waals surface area contributed by atoms with Crippen LogP contribution >= 0.6 is 148 Å². The SMILES string of the molecule is CCN(CC)CCOC(=O)Cn1nc(C)c(Br)c1-c1nnc(-c2cccc(C)c2)s1.CCOC(=O)Cn1nc(C)c(Br)c1-c1nnc(-c2cccc(C)c2)s1.COC(=O)Cn1nc(C)c(Br)c1-c1nnc(-c2cccc(C)c2)s1.CSCOC(=O)Cn1nc(C)c(Br)c1-c1nnc(-c2cccc(C)c2)s1.Cc1cccc(-c2nnc(-c3c(Br)c(C)nn3CC(=O)OCCN(C)C)s2)c1. The summed E-state index contributed by atoms with van der Waals surface area (Å²) in [5.41, 5.74) is 18.5. The molecule has 0 aliphatic rings. The molecule has 10 heterocycles. The minimum atomic E-state index is -0.366. The van der Waals surface area contributed by atoms with Crippen LogP contribution in [0.3, 0.4) is 0 Å². The van der Waals surface area contributed by atoms with Gasteiger partial charge in [-0.2, -0.15) is 25.5 Å². The third-order valence-electron chi connectivity index (χ3n) is 19.4. The summed E-state index contributed by atoms with van der Waals surface area (Å²) in [5.74, 6) is -1.36. The number of hydrogen-bond acceptors (Lipinski definition) is 33. The zero-order valence-corrected chi connectivity index (χ0v) is 88.8. The van der Waals surface area contributed by atoms with Gasteiger partial charge in [0.25, 0.3) is 0 Å². The monoisotopic (exact) mass is 2230 g/mol. The van der Waals surface area contributed by atoms with Gasteiger partial charge in [0.15, 0.2) is 25.0 Å². The van der Waals surface area contributed by atoms with Crippen molar-refractivity contribution >= 4 is 178 Å². The maximum atomic E-state index is 12.4. The average Bonchev–Trinajstić information content (AvgIpc) is 1.66. The van der Waals surface area contributed by atoms with Crippen LogP contribution in [0.5, 0.6) is 0 Å². The molecule has 15 rings (SSSR count). The summed E-state index contributed by atoms with van der Waals surface area (Å²) < 4.78 is 37.7. The molecule has 0 bridgehead atoms. The number of aromatic nitrogens is 20. The van der Waals surface area contributed by atoms with E-state index in [1.807, 2.05) is 185 Å². The molecule has 133 heavy (non-hydrogen) atoms. The van der Waals surface area contributed by atoms with E-state index in [4.69, 9.17) is 23.7 Å². The Morgan fingerprint density at radius 3 is 0.797 bits per heavy atom. The summed E-state index contributed by atoms with van der Waals surface area (Å²) >= 11 is 26.6. The van der Waals surface area contributed by atoms with Crippen molar-refractivity contribution in [2.24, 2.45) is 0 Å². The van der Waals surface area contributed by atoms with Crippen LogP contribution in [0.25, 0.3) is 106 Å². The fourth-order valence-corrected chi connectivity index (χ4v) is 20.5. The Bertz CT molecular complexity index is 6540. The highest BCUT2D eigenvalue weighted by molar-refractivity contribution is 9.11. The van der Waals surface area contributed by atoms with E-state index in [2.05, 4.69) is 205 Å². The van der Waals surface area contributed by atoms with E-state index in [1.165, 1.54) is 86.7 Å². The van der Waals surface area contributed by atoms with Crippen LogP contribution in [0, 0.1) is 69.2 Å². The Morgan fingerprint density at radius 2 is 0.571 bits per heavy atom. The lowest BCUT2D eigenvalue weighted by atomic mass is 10.1. The molecular weight excluding hydrogens is 2140 g/mol. The van der Waals surface area contributed by atoms with E-state index in [0.29, 0.717) is 57.3 Å². The molecule has 15 aromatic rings. The smallest absolute Gasteiger partial charge is 0.328 e. The summed E-state index contributed by atoms with van der Waals surface area (Å²) in [7, 11) is 5.22. The third-order valence-corrected chi connectivity index (χ3v) is 29.4. The number of esters is 5. The number of aryl methyl sites for hydroxylation is 10. The fraction of sp³-hybridized carbons (Fsp3) is 0.333. The molecule has 0 aliphatic heterocycles. The quantitative estimate of drug-likeness (QED) is 0.0221. The molecule has 0 atom stereocenters. The van der Waals surface area contributed by atoms with E-state index < -0.39 is 0 Å². The minimum Gasteiger partial charge on any atom is -0.468 e. The Hall–Kier alpha value is -10.0. The van der Waals surface area contributed by atoms with Crippen LogP contribution in [0.15, 0.2) is 144 Å². The molecule has 0 saturated heterocycles. The maximum absolute atomic E-state index is 12.4. The standard InChI is InChI=1S/C21H26BrN5O2S.C19H22BrN5O2S.C17H17BrN4O2S2.C17H17BrN4O2S.C16H15BrN4O2S/c1-5-26(6-2)10-11-29-17(28)13-27-19(18(22)15(4)25-27)21-24-23-20(30-21)16-9-7-8-14(3)12-16;1-12-6-5-7-14(10-12)18-21-22-19(28-18)17-16(20)13(2)23-25(17)11-15(26)27-9-8-24(3)4;1-10-5-4-6-12(7-10)16-19-20-17(26-16)15-14(18)11(2)21-22(15)8-13(23)24-9-25-3;1-4-24-13(23)9-22-15(14(18)11(3)21-22)17-20-19-16(25-17)12-7-5-6-10(2)8-12;1-9-5-4-6-11(7-9)15-18-19-16(24-15)14-13(17)10(2)20-21(14)8-12(22)23-3/h7-9,12H,5-6,10-11,13H2,1-4H3;5-7,10H,8-9,11H2,1-4H3;4-7H,8-9H2,1-3H3;5-8H,4,9H2,1-3H3;4-7H,8H2,1-3H3. The average molecular weight is 2240 g/mol. The van der Waals surface area contributed by atoms with Gasteiger partial charge in [-0.1, -0.05) is 189 Å². The fourth-order valence-electron chi connectivity index (χ4n) is 12.8. The molecule has 0 saturated carbocycles. The highest BCUT2D eigenvalue weighted by Crippen LogP contribution is 2.42. The maximum Gasteiger partial charge on any atom is 0.328 e. The first kappa shape index (κ1) is 103. The second-order valence-corrected chi connectivity index (χ2v) is 39.7. The molecule has 0 aliphatic carbocycles. The number of nitrogens with zero attached hydrogens (tertiary/aromatic N) is 22. The van der Waals surface area contributed by atoms with E-state index >= 15 is 0 Å². The summed E-state index contributed by atoms with van der Waals surface area (Å²) in [5, 5.41) is 73.0. The highest BCUT2D eigenvalue weighted by atomic mass is 79.9. The van der Waals surface area contributed by atoms with Gasteiger partial charge in [0.05, 0.1) is 64.5 Å². The second kappa shape index (κ2) is 49.5. The van der Waals surface area contributed by atoms with Crippen molar-refractivity contribution in [2.75, 3.05) is 79.4 Å². The molecule has 10 aromatic heterocycles. The van der Waals surface area contributed by atoms with Gasteiger partial charge in [-0.3, -0.25) is 24.0 Å². The first-order valence-electron chi connectivity index (χ1n) is 41.5. The normalized spacial score (nSPS) is 11.0. The molecule has 0 spiro atoms. The Balaban J connectivity index is 0.000000160. The van der Waals surface area contributed by atoms with Crippen LogP contribution in [-0.2, 0) is 80.4 Å². The lowest BCUT2D eigenvalue weighted by Gasteiger charge is -2.17. The number of carbonyl (C=O) groups is 5. The van der Waals surface area contributed by atoms with Gasteiger partial charge in [0.1, 0.15) is 105 Å². The van der Waals surface area contributed by atoms with Gasteiger partial charge < -0.3 is 33.5 Å². The Labute approximate surface area is 836 Å².